The van der Waals surface area contributed by atoms with Crippen molar-refractivity contribution in [2.24, 2.45) is 0 Å². The Hall–Kier alpha value is -1.50. The van der Waals surface area contributed by atoms with Crippen molar-refractivity contribution in [3.05, 3.63) is 35.1 Å². The summed E-state index contributed by atoms with van der Waals surface area (Å²) in [4.78, 5) is 10.4. The van der Waals surface area contributed by atoms with Gasteiger partial charge in [-0.3, -0.25) is 0 Å². The minimum Gasteiger partial charge on any atom is -0.479 e. The number of hydrogen-bond acceptors (Lipinski definition) is 4. The average molecular weight is 230 g/mol. The highest BCUT2D eigenvalue weighted by atomic mass is 19.1. The molecule has 0 spiro atoms. The van der Waals surface area contributed by atoms with Crippen molar-refractivity contribution in [2.45, 2.75) is 18.8 Å². The number of carboxylic acids is 1. The molecule has 0 aliphatic rings. The summed E-state index contributed by atoms with van der Waals surface area (Å²) < 4.78 is 13.0. The molecule has 1 aromatic rings. The Kier molecular flexibility index (Phi) is 3.94. The van der Waals surface area contributed by atoms with E-state index < -0.39 is 30.6 Å². The lowest BCUT2D eigenvalue weighted by atomic mass is 10.0. The number of hydrogen-bond donors (Lipinski definition) is 4. The molecule has 1 rings (SSSR count). The third-order valence-corrected chi connectivity index (χ3v) is 2.06. The maximum absolute atomic E-state index is 13.0. The number of aliphatic hydroxyl groups is 3. The summed E-state index contributed by atoms with van der Waals surface area (Å²) in [6.45, 7) is -0.444. The van der Waals surface area contributed by atoms with E-state index in [2.05, 4.69) is 0 Å². The summed E-state index contributed by atoms with van der Waals surface area (Å²) in [5.74, 6) is -2.33. The van der Waals surface area contributed by atoms with Crippen LogP contribution in [-0.2, 0) is 11.4 Å². The fraction of sp³-hybridized carbons (Fsp3) is 0.300. The van der Waals surface area contributed by atoms with Crippen LogP contribution in [0.3, 0.4) is 0 Å². The maximum atomic E-state index is 13.0. The van der Waals surface area contributed by atoms with Gasteiger partial charge in [0.05, 0.1) is 6.61 Å². The zero-order valence-corrected chi connectivity index (χ0v) is 8.17. The average Bonchev–Trinajstić information content (AvgIpc) is 2.25. The van der Waals surface area contributed by atoms with E-state index >= 15 is 0 Å². The van der Waals surface area contributed by atoms with Gasteiger partial charge in [0.2, 0.25) is 0 Å². The van der Waals surface area contributed by atoms with Gasteiger partial charge in [-0.25, -0.2) is 9.18 Å². The topological polar surface area (TPSA) is 98.0 Å². The van der Waals surface area contributed by atoms with Crippen LogP contribution < -0.4 is 0 Å². The fourth-order valence-electron chi connectivity index (χ4n) is 1.25. The Morgan fingerprint density at radius 1 is 1.31 bits per heavy atom. The molecule has 16 heavy (non-hydrogen) atoms. The molecule has 0 heterocycles. The van der Waals surface area contributed by atoms with Crippen LogP contribution in [0.25, 0.3) is 0 Å². The van der Waals surface area contributed by atoms with Crippen molar-refractivity contribution in [2.75, 3.05) is 0 Å². The molecule has 0 saturated heterocycles. The number of aliphatic hydroxyl groups excluding tert-OH is 3. The lowest BCUT2D eigenvalue weighted by molar-refractivity contribution is -0.153. The summed E-state index contributed by atoms with van der Waals surface area (Å²) >= 11 is 0. The number of aliphatic carboxylic acids is 1. The number of benzene rings is 1. The normalized spacial score (nSPS) is 14.5. The zero-order chi connectivity index (χ0) is 12.3. The first-order valence-electron chi connectivity index (χ1n) is 4.45. The van der Waals surface area contributed by atoms with E-state index in [0.717, 1.165) is 12.1 Å². The molecule has 1 aromatic carbocycles. The van der Waals surface area contributed by atoms with Crippen molar-refractivity contribution < 1.29 is 29.6 Å². The van der Waals surface area contributed by atoms with Gasteiger partial charge in [-0.15, -0.1) is 0 Å². The van der Waals surface area contributed by atoms with Gasteiger partial charge >= 0.3 is 5.97 Å². The Morgan fingerprint density at radius 3 is 2.44 bits per heavy atom. The van der Waals surface area contributed by atoms with Gasteiger partial charge in [0.15, 0.2) is 6.10 Å². The van der Waals surface area contributed by atoms with E-state index in [4.69, 9.17) is 15.3 Å². The first kappa shape index (κ1) is 12.6. The molecule has 88 valence electrons. The SMILES string of the molecule is O=C(O)C(O)C(O)c1cc(F)cc(CO)c1. The monoisotopic (exact) mass is 230 g/mol. The van der Waals surface area contributed by atoms with Gasteiger partial charge in [0, 0.05) is 0 Å². The van der Waals surface area contributed by atoms with E-state index in [-0.39, 0.29) is 11.1 Å². The molecular weight excluding hydrogens is 219 g/mol. The van der Waals surface area contributed by atoms with E-state index in [1.165, 1.54) is 6.07 Å². The van der Waals surface area contributed by atoms with E-state index in [1.807, 2.05) is 0 Å². The molecule has 2 unspecified atom stereocenters. The molecule has 5 nitrogen and oxygen atoms in total. The molecule has 6 heteroatoms. The van der Waals surface area contributed by atoms with E-state index in [0.29, 0.717) is 0 Å². The Morgan fingerprint density at radius 2 is 1.94 bits per heavy atom. The van der Waals surface area contributed by atoms with E-state index in [1.54, 1.807) is 0 Å². The molecular formula is C10H11FO5. The molecule has 0 radical (unpaired) electrons. The van der Waals surface area contributed by atoms with Crippen molar-refractivity contribution in [1.82, 2.24) is 0 Å². The summed E-state index contributed by atoms with van der Waals surface area (Å²) in [6.07, 6.45) is -3.77. The molecule has 2 atom stereocenters. The van der Waals surface area contributed by atoms with Crippen LogP contribution in [0.5, 0.6) is 0 Å². The van der Waals surface area contributed by atoms with Crippen molar-refractivity contribution >= 4 is 5.97 Å². The number of carbonyl (C=O) groups is 1. The van der Waals surface area contributed by atoms with Crippen LogP contribution in [0.2, 0.25) is 0 Å². The first-order valence-corrected chi connectivity index (χ1v) is 4.45. The second kappa shape index (κ2) is 5.02. The summed E-state index contributed by atoms with van der Waals surface area (Å²) in [6, 6.07) is 3.17. The molecule has 0 bridgehead atoms. The van der Waals surface area contributed by atoms with Gasteiger partial charge in [-0.1, -0.05) is 6.07 Å². The lowest BCUT2D eigenvalue weighted by Gasteiger charge is -2.15. The van der Waals surface area contributed by atoms with Crippen LogP contribution in [0, 0.1) is 5.82 Å². The molecule has 4 N–H and O–H groups in total. The minimum atomic E-state index is -2.03. The number of carboxylic acid groups (broad SMARTS) is 1. The maximum Gasteiger partial charge on any atom is 0.335 e. The third-order valence-electron chi connectivity index (χ3n) is 2.06. The second-order valence-corrected chi connectivity index (χ2v) is 3.28. The number of rotatable bonds is 4. The van der Waals surface area contributed by atoms with Crippen LogP contribution >= 0.6 is 0 Å². The second-order valence-electron chi connectivity index (χ2n) is 3.28. The number of halogens is 1. The van der Waals surface area contributed by atoms with Crippen molar-refractivity contribution in [3.63, 3.8) is 0 Å². The molecule has 0 amide bonds. The Labute approximate surface area is 90.4 Å². The highest BCUT2D eigenvalue weighted by Gasteiger charge is 2.25. The quantitative estimate of drug-likeness (QED) is 0.574. The summed E-state index contributed by atoms with van der Waals surface area (Å²) in [7, 11) is 0. The molecule has 0 saturated carbocycles. The third kappa shape index (κ3) is 2.75. The highest BCUT2D eigenvalue weighted by molar-refractivity contribution is 5.73. The molecule has 0 fully saturated rings. The van der Waals surface area contributed by atoms with Crippen molar-refractivity contribution in [1.29, 1.82) is 0 Å². The van der Waals surface area contributed by atoms with Crippen molar-refractivity contribution in [3.8, 4) is 0 Å². The van der Waals surface area contributed by atoms with Crippen LogP contribution in [0.15, 0.2) is 18.2 Å². The minimum absolute atomic E-state index is 0.0982. The zero-order valence-electron chi connectivity index (χ0n) is 8.17. The van der Waals surface area contributed by atoms with Crippen LogP contribution in [0.1, 0.15) is 17.2 Å². The van der Waals surface area contributed by atoms with Crippen LogP contribution in [-0.4, -0.2) is 32.5 Å². The predicted octanol–water partition coefficient (Wildman–Crippen LogP) is -0.203. The molecule has 0 aliphatic carbocycles. The van der Waals surface area contributed by atoms with Gasteiger partial charge in [0.1, 0.15) is 11.9 Å². The lowest BCUT2D eigenvalue weighted by Crippen LogP contribution is -2.27. The summed E-state index contributed by atoms with van der Waals surface area (Å²) in [5.41, 5.74) is 0.0885. The predicted molar refractivity (Wildman–Crippen MR) is 50.9 cm³/mol. The van der Waals surface area contributed by atoms with Gasteiger partial charge in [-0.05, 0) is 23.3 Å². The van der Waals surface area contributed by atoms with E-state index in [9.17, 15) is 14.3 Å². The van der Waals surface area contributed by atoms with Gasteiger partial charge in [-0.2, -0.15) is 0 Å². The van der Waals surface area contributed by atoms with Gasteiger partial charge < -0.3 is 20.4 Å². The Bertz CT molecular complexity index is 393. The standard InChI is InChI=1S/C10H11FO5/c11-7-2-5(4-12)1-6(3-7)8(13)9(14)10(15)16/h1-3,8-9,12-14H,4H2,(H,15,16). The Balaban J connectivity index is 3.03. The largest absolute Gasteiger partial charge is 0.479 e. The van der Waals surface area contributed by atoms with Crippen LogP contribution in [0.4, 0.5) is 4.39 Å². The summed E-state index contributed by atoms with van der Waals surface area (Å²) in [5, 5.41) is 35.7. The molecule has 0 aromatic heterocycles. The highest BCUT2D eigenvalue weighted by Crippen LogP contribution is 2.20. The fourth-order valence-corrected chi connectivity index (χ4v) is 1.25. The smallest absolute Gasteiger partial charge is 0.335 e. The van der Waals surface area contributed by atoms with Gasteiger partial charge in [0.25, 0.3) is 0 Å². The molecule has 0 aliphatic heterocycles. The first-order chi connectivity index (χ1) is 7.45.